The molecule has 0 aromatic heterocycles. The highest BCUT2D eigenvalue weighted by atomic mass is 16.3. The highest BCUT2D eigenvalue weighted by Crippen LogP contribution is 2.33. The molecule has 0 aliphatic carbocycles. The van der Waals surface area contributed by atoms with Crippen LogP contribution in [0.5, 0.6) is 5.75 Å². The van der Waals surface area contributed by atoms with Gasteiger partial charge in [-0.25, -0.2) is 0 Å². The highest BCUT2D eigenvalue weighted by molar-refractivity contribution is 5.90. The molecule has 0 spiro atoms. The summed E-state index contributed by atoms with van der Waals surface area (Å²) in [6, 6.07) is 26.9. The van der Waals surface area contributed by atoms with Crippen molar-refractivity contribution in [2.45, 2.75) is 0 Å². The fourth-order valence-electron chi connectivity index (χ4n) is 3.04. The number of amides is 1. The maximum atomic E-state index is 10.7. The van der Waals surface area contributed by atoms with Crippen LogP contribution in [0.25, 0.3) is 33.0 Å². The van der Waals surface area contributed by atoms with E-state index >= 15 is 0 Å². The summed E-state index contributed by atoms with van der Waals surface area (Å²) in [5.41, 5.74) is 8.56. The zero-order chi connectivity index (χ0) is 19.9. The number of nitrogens with zero attached hydrogens (tertiary/aromatic N) is 1. The summed E-state index contributed by atoms with van der Waals surface area (Å²) < 4.78 is 0. The Morgan fingerprint density at radius 3 is 2.00 bits per heavy atom. The molecule has 4 rings (SSSR count). The van der Waals surface area contributed by atoms with Gasteiger partial charge in [-0.05, 0) is 74.6 Å². The van der Waals surface area contributed by atoms with Gasteiger partial charge in [0.15, 0.2) is 0 Å². The number of nitroso groups, excluding NO2 is 1. The van der Waals surface area contributed by atoms with E-state index in [0.717, 1.165) is 33.0 Å². The van der Waals surface area contributed by atoms with Crippen LogP contribution in [0.4, 0.5) is 5.69 Å². The molecule has 5 nitrogen and oxygen atoms in total. The van der Waals surface area contributed by atoms with E-state index in [2.05, 4.69) is 17.0 Å². The second-order valence-electron chi connectivity index (χ2n) is 6.11. The van der Waals surface area contributed by atoms with Gasteiger partial charge in [-0.3, -0.25) is 4.79 Å². The number of benzene rings is 4. The number of carbonyl (C=O) groups excluding carboxylic acids is 1. The molecule has 4 aromatic rings. The van der Waals surface area contributed by atoms with Gasteiger partial charge in [0, 0.05) is 0 Å². The van der Waals surface area contributed by atoms with Crippen LogP contribution in [0.2, 0.25) is 0 Å². The number of carbonyl (C=O) groups is 1. The van der Waals surface area contributed by atoms with Gasteiger partial charge in [-0.1, -0.05) is 48.5 Å². The predicted octanol–water partition coefficient (Wildman–Crippen LogP) is 5.38. The smallest absolute Gasteiger partial charge is 0.204 e. The molecule has 0 heterocycles. The van der Waals surface area contributed by atoms with Crippen molar-refractivity contribution in [3.05, 3.63) is 89.8 Å². The van der Waals surface area contributed by atoms with Crippen molar-refractivity contribution in [3.63, 3.8) is 0 Å². The van der Waals surface area contributed by atoms with Crippen LogP contribution >= 0.6 is 0 Å². The maximum Gasteiger partial charge on any atom is 0.204 e. The van der Waals surface area contributed by atoms with Crippen molar-refractivity contribution in [3.8, 4) is 28.0 Å². The van der Waals surface area contributed by atoms with Gasteiger partial charge in [0.1, 0.15) is 11.4 Å². The molecule has 5 heteroatoms. The summed E-state index contributed by atoms with van der Waals surface area (Å²) in [5, 5.41) is 15.1. The van der Waals surface area contributed by atoms with E-state index in [9.17, 15) is 10.0 Å². The summed E-state index contributed by atoms with van der Waals surface area (Å²) in [6.45, 7) is 0. The lowest BCUT2D eigenvalue weighted by molar-refractivity contribution is -0.106. The van der Waals surface area contributed by atoms with Gasteiger partial charge in [-0.15, -0.1) is 4.91 Å². The average molecular weight is 370 g/mol. The zero-order valence-corrected chi connectivity index (χ0v) is 14.9. The molecule has 4 aromatic carbocycles. The highest BCUT2D eigenvalue weighted by Gasteiger charge is 2.06. The fraction of sp³-hybridized carbons (Fsp3) is 0. The first-order valence-electron chi connectivity index (χ1n) is 8.57. The summed E-state index contributed by atoms with van der Waals surface area (Å²) in [4.78, 5) is 19.3. The van der Waals surface area contributed by atoms with Gasteiger partial charge < -0.3 is 10.8 Å². The minimum atomic E-state index is 0.233. The molecular formula is C23H18N2O3. The van der Waals surface area contributed by atoms with Crippen LogP contribution < -0.4 is 5.73 Å². The third kappa shape index (κ3) is 4.22. The SMILES string of the molecule is NC=O.O=Nc1ccc2cc(-c3cc(O)cc(-c4ccccc4)c3)ccc2c1. The fourth-order valence-corrected chi connectivity index (χ4v) is 3.04. The summed E-state index contributed by atoms with van der Waals surface area (Å²) in [7, 11) is 0. The second-order valence-corrected chi connectivity index (χ2v) is 6.11. The Morgan fingerprint density at radius 2 is 1.32 bits per heavy atom. The van der Waals surface area contributed by atoms with E-state index in [4.69, 9.17) is 4.79 Å². The van der Waals surface area contributed by atoms with Crippen LogP contribution in [0.3, 0.4) is 0 Å². The van der Waals surface area contributed by atoms with E-state index in [0.29, 0.717) is 5.69 Å². The van der Waals surface area contributed by atoms with Crippen LogP contribution in [0, 0.1) is 4.91 Å². The number of aromatic hydroxyl groups is 1. The first kappa shape index (κ1) is 18.8. The third-order valence-electron chi connectivity index (χ3n) is 4.29. The molecule has 0 saturated carbocycles. The Balaban J connectivity index is 0.000000706. The van der Waals surface area contributed by atoms with Crippen molar-refractivity contribution >= 4 is 22.9 Å². The molecule has 0 saturated heterocycles. The molecule has 0 unspecified atom stereocenters. The first-order valence-corrected chi connectivity index (χ1v) is 8.57. The summed E-state index contributed by atoms with van der Waals surface area (Å²) >= 11 is 0. The van der Waals surface area contributed by atoms with Gasteiger partial charge in [0.05, 0.1) is 0 Å². The number of phenolic OH excluding ortho intramolecular Hbond substituents is 1. The topological polar surface area (TPSA) is 92.8 Å². The normalized spacial score (nSPS) is 10.0. The van der Waals surface area contributed by atoms with Gasteiger partial charge in [0.2, 0.25) is 6.41 Å². The van der Waals surface area contributed by atoms with Gasteiger partial charge in [0.25, 0.3) is 0 Å². The Morgan fingerprint density at radius 1 is 0.714 bits per heavy atom. The number of phenols is 1. The monoisotopic (exact) mass is 370 g/mol. The molecule has 0 atom stereocenters. The van der Waals surface area contributed by atoms with Crippen molar-refractivity contribution in [2.75, 3.05) is 0 Å². The average Bonchev–Trinajstić information content (AvgIpc) is 2.73. The van der Waals surface area contributed by atoms with Crippen LogP contribution in [-0.4, -0.2) is 11.5 Å². The lowest BCUT2D eigenvalue weighted by Gasteiger charge is -2.09. The molecule has 28 heavy (non-hydrogen) atoms. The predicted molar refractivity (Wildman–Crippen MR) is 112 cm³/mol. The van der Waals surface area contributed by atoms with Crippen LogP contribution in [0.1, 0.15) is 0 Å². The third-order valence-corrected chi connectivity index (χ3v) is 4.29. The van der Waals surface area contributed by atoms with Crippen LogP contribution in [-0.2, 0) is 4.79 Å². The Labute approximate surface area is 162 Å². The van der Waals surface area contributed by atoms with E-state index in [-0.39, 0.29) is 12.2 Å². The van der Waals surface area contributed by atoms with Crippen molar-refractivity contribution < 1.29 is 9.90 Å². The molecule has 0 bridgehead atoms. The standard InChI is InChI=1S/C22H15NO2.CH3NO/c24-22-13-19(15-4-2-1-3-5-15)11-20(14-22)17-6-7-18-12-21(23-25)9-8-16(18)10-17;2-1-3/h1-14,24H;1H,(H2,2,3). The van der Waals surface area contributed by atoms with Crippen molar-refractivity contribution in [1.82, 2.24) is 0 Å². The quantitative estimate of drug-likeness (QED) is 0.374. The molecule has 0 fully saturated rings. The Hall–Kier alpha value is -3.99. The Kier molecular flexibility index (Phi) is 5.77. The number of nitrogens with two attached hydrogens (primary N) is 1. The number of primary amides is 1. The number of rotatable bonds is 3. The molecular weight excluding hydrogens is 352 g/mol. The number of hydrogen-bond acceptors (Lipinski definition) is 4. The van der Waals surface area contributed by atoms with E-state index in [1.165, 1.54) is 0 Å². The molecule has 0 aliphatic rings. The van der Waals surface area contributed by atoms with E-state index in [1.807, 2.05) is 54.6 Å². The van der Waals surface area contributed by atoms with Crippen LogP contribution in [0.15, 0.2) is 90.1 Å². The Bertz CT molecular complexity index is 1130. The molecule has 138 valence electrons. The maximum absolute atomic E-state index is 10.7. The molecule has 1 amide bonds. The minimum Gasteiger partial charge on any atom is -0.508 e. The number of hydrogen-bond donors (Lipinski definition) is 2. The van der Waals surface area contributed by atoms with Gasteiger partial charge in [-0.2, -0.15) is 0 Å². The molecule has 0 aliphatic heterocycles. The van der Waals surface area contributed by atoms with E-state index < -0.39 is 0 Å². The lowest BCUT2D eigenvalue weighted by Crippen LogP contribution is -1.83. The largest absolute Gasteiger partial charge is 0.508 e. The molecule has 0 radical (unpaired) electrons. The first-order chi connectivity index (χ1) is 13.6. The lowest BCUT2D eigenvalue weighted by atomic mass is 9.97. The summed E-state index contributed by atoms with van der Waals surface area (Å²) in [6.07, 6.45) is 0.250. The molecule has 3 N–H and O–H groups in total. The van der Waals surface area contributed by atoms with Gasteiger partial charge >= 0.3 is 0 Å². The second kappa shape index (κ2) is 8.60. The number of fused-ring (bicyclic) bond motifs is 1. The minimum absolute atomic E-state index is 0.233. The van der Waals surface area contributed by atoms with E-state index in [1.54, 1.807) is 24.3 Å². The van der Waals surface area contributed by atoms with Crippen molar-refractivity contribution in [1.29, 1.82) is 0 Å². The zero-order valence-electron chi connectivity index (χ0n) is 14.9. The van der Waals surface area contributed by atoms with Crippen molar-refractivity contribution in [2.24, 2.45) is 10.9 Å². The summed E-state index contributed by atoms with van der Waals surface area (Å²) in [5.74, 6) is 0.233.